The molecule has 3 heterocycles. The zero-order chi connectivity index (χ0) is 18.3. The molecule has 8 heteroatoms. The standard InChI is InChI=1S/C18H19FN6S/c1-11(2)8-14-10-15(24(3)22-14)17-23-25-16(20-21-18(25)26-17)9-12-4-6-13(19)7-5-12/h4-7,10-11H,8-9H2,1-3H3. The number of benzene rings is 1. The van der Waals surface area contributed by atoms with Crippen molar-refractivity contribution in [3.63, 3.8) is 0 Å². The zero-order valence-corrected chi connectivity index (χ0v) is 15.7. The Morgan fingerprint density at radius 1 is 1.12 bits per heavy atom. The van der Waals surface area contributed by atoms with Gasteiger partial charge in [-0.1, -0.05) is 37.3 Å². The average molecular weight is 370 g/mol. The van der Waals surface area contributed by atoms with Crippen molar-refractivity contribution in [2.24, 2.45) is 13.0 Å². The maximum Gasteiger partial charge on any atom is 0.235 e. The lowest BCUT2D eigenvalue weighted by atomic mass is 10.1. The zero-order valence-electron chi connectivity index (χ0n) is 14.8. The van der Waals surface area contributed by atoms with Gasteiger partial charge in [-0.3, -0.25) is 4.68 Å². The first kappa shape index (κ1) is 16.8. The third kappa shape index (κ3) is 3.24. The predicted molar refractivity (Wildman–Crippen MR) is 98.6 cm³/mol. The first-order chi connectivity index (χ1) is 12.5. The number of rotatable bonds is 5. The molecule has 0 unspecified atom stereocenters. The van der Waals surface area contributed by atoms with Crippen LogP contribution in [0, 0.1) is 11.7 Å². The number of hydrogen-bond donors (Lipinski definition) is 0. The minimum atomic E-state index is -0.246. The van der Waals surface area contributed by atoms with E-state index in [0.717, 1.165) is 39.2 Å². The lowest BCUT2D eigenvalue weighted by Crippen LogP contribution is -1.99. The number of aryl methyl sites for hydroxylation is 1. The summed E-state index contributed by atoms with van der Waals surface area (Å²) in [5, 5.41) is 18.6. The summed E-state index contributed by atoms with van der Waals surface area (Å²) in [5.41, 5.74) is 3.01. The fraction of sp³-hybridized carbons (Fsp3) is 0.333. The molecule has 3 aromatic heterocycles. The summed E-state index contributed by atoms with van der Waals surface area (Å²) in [6.07, 6.45) is 1.49. The molecule has 0 radical (unpaired) electrons. The number of hydrogen-bond acceptors (Lipinski definition) is 5. The van der Waals surface area contributed by atoms with E-state index in [9.17, 15) is 4.39 Å². The quantitative estimate of drug-likeness (QED) is 0.539. The molecule has 4 rings (SSSR count). The van der Waals surface area contributed by atoms with Gasteiger partial charge >= 0.3 is 0 Å². The maximum absolute atomic E-state index is 13.1. The number of fused-ring (bicyclic) bond motifs is 1. The molecule has 0 bridgehead atoms. The highest BCUT2D eigenvalue weighted by Crippen LogP contribution is 2.27. The SMILES string of the molecule is CC(C)Cc1cc(-c2nn3c(Cc4ccc(F)cc4)nnc3s2)n(C)n1. The monoisotopic (exact) mass is 370 g/mol. The van der Waals surface area contributed by atoms with Crippen molar-refractivity contribution in [3.05, 3.63) is 53.2 Å². The minimum Gasteiger partial charge on any atom is -0.265 e. The summed E-state index contributed by atoms with van der Waals surface area (Å²) in [6.45, 7) is 4.36. The van der Waals surface area contributed by atoms with Gasteiger partial charge in [0.2, 0.25) is 4.96 Å². The van der Waals surface area contributed by atoms with Gasteiger partial charge in [-0.25, -0.2) is 4.39 Å². The summed E-state index contributed by atoms with van der Waals surface area (Å²) in [4.78, 5) is 0.740. The first-order valence-electron chi connectivity index (χ1n) is 8.48. The van der Waals surface area contributed by atoms with E-state index in [1.54, 1.807) is 16.6 Å². The molecule has 1 aromatic carbocycles. The Bertz CT molecular complexity index is 1040. The summed E-state index contributed by atoms with van der Waals surface area (Å²) in [5.74, 6) is 1.04. The molecule has 0 aliphatic heterocycles. The van der Waals surface area contributed by atoms with Crippen LogP contribution in [0.5, 0.6) is 0 Å². The second-order valence-corrected chi connectivity index (χ2v) is 7.72. The van der Waals surface area contributed by atoms with Gasteiger partial charge in [0.15, 0.2) is 10.8 Å². The lowest BCUT2D eigenvalue weighted by Gasteiger charge is -1.98. The highest BCUT2D eigenvalue weighted by Gasteiger charge is 2.17. The molecule has 0 aliphatic carbocycles. The van der Waals surface area contributed by atoms with Crippen LogP contribution in [-0.4, -0.2) is 29.6 Å². The van der Waals surface area contributed by atoms with Crippen molar-refractivity contribution >= 4 is 16.3 Å². The Morgan fingerprint density at radius 2 is 1.88 bits per heavy atom. The van der Waals surface area contributed by atoms with Gasteiger partial charge in [0, 0.05) is 13.5 Å². The Morgan fingerprint density at radius 3 is 2.62 bits per heavy atom. The van der Waals surface area contributed by atoms with Crippen molar-refractivity contribution in [1.29, 1.82) is 0 Å². The van der Waals surface area contributed by atoms with E-state index in [1.807, 2.05) is 11.7 Å². The fourth-order valence-electron chi connectivity index (χ4n) is 2.90. The summed E-state index contributed by atoms with van der Waals surface area (Å²) >= 11 is 1.49. The van der Waals surface area contributed by atoms with E-state index in [-0.39, 0.29) is 5.82 Å². The first-order valence-corrected chi connectivity index (χ1v) is 9.30. The van der Waals surface area contributed by atoms with Crippen LogP contribution in [0.25, 0.3) is 15.7 Å². The minimum absolute atomic E-state index is 0.246. The van der Waals surface area contributed by atoms with Gasteiger partial charge in [0.1, 0.15) is 5.82 Å². The summed E-state index contributed by atoms with van der Waals surface area (Å²) < 4.78 is 16.7. The van der Waals surface area contributed by atoms with Crippen LogP contribution >= 0.6 is 11.3 Å². The molecule has 0 spiro atoms. The predicted octanol–water partition coefficient (Wildman–Crippen LogP) is 3.51. The van der Waals surface area contributed by atoms with Gasteiger partial charge in [-0.05, 0) is 36.1 Å². The Kier molecular flexibility index (Phi) is 4.28. The molecule has 0 saturated carbocycles. The molecule has 0 atom stereocenters. The van der Waals surface area contributed by atoms with E-state index >= 15 is 0 Å². The molecule has 4 aromatic rings. The van der Waals surface area contributed by atoms with E-state index in [1.165, 1.54) is 23.5 Å². The van der Waals surface area contributed by atoms with Crippen molar-refractivity contribution in [1.82, 2.24) is 29.6 Å². The van der Waals surface area contributed by atoms with Crippen LogP contribution in [0.4, 0.5) is 4.39 Å². The molecule has 0 amide bonds. The normalized spacial score (nSPS) is 11.7. The van der Waals surface area contributed by atoms with Gasteiger partial charge in [-0.15, -0.1) is 10.2 Å². The van der Waals surface area contributed by atoms with Crippen LogP contribution in [0.3, 0.4) is 0 Å². The molecular weight excluding hydrogens is 351 g/mol. The van der Waals surface area contributed by atoms with Crippen LogP contribution in [0.15, 0.2) is 30.3 Å². The Balaban J connectivity index is 1.65. The molecule has 26 heavy (non-hydrogen) atoms. The van der Waals surface area contributed by atoms with Crippen LogP contribution < -0.4 is 0 Å². The molecular formula is C18H19FN6S. The second-order valence-electron chi connectivity index (χ2n) is 6.76. The fourth-order valence-corrected chi connectivity index (χ4v) is 3.81. The topological polar surface area (TPSA) is 60.9 Å². The molecule has 134 valence electrons. The van der Waals surface area contributed by atoms with Crippen LogP contribution in [0.1, 0.15) is 30.9 Å². The van der Waals surface area contributed by atoms with Crippen molar-refractivity contribution in [2.75, 3.05) is 0 Å². The van der Waals surface area contributed by atoms with Crippen molar-refractivity contribution < 1.29 is 4.39 Å². The lowest BCUT2D eigenvalue weighted by molar-refractivity contribution is 0.621. The van der Waals surface area contributed by atoms with Crippen LogP contribution in [0.2, 0.25) is 0 Å². The average Bonchev–Trinajstić information content (AvgIpc) is 3.24. The van der Waals surface area contributed by atoms with Crippen molar-refractivity contribution in [2.45, 2.75) is 26.7 Å². The Labute approximate surface area is 154 Å². The highest BCUT2D eigenvalue weighted by atomic mass is 32.1. The molecule has 0 N–H and O–H groups in total. The Hall–Kier alpha value is -2.61. The summed E-state index contributed by atoms with van der Waals surface area (Å²) in [6, 6.07) is 8.50. The number of aromatic nitrogens is 6. The van der Waals surface area contributed by atoms with Gasteiger partial charge < -0.3 is 0 Å². The van der Waals surface area contributed by atoms with Crippen molar-refractivity contribution in [3.8, 4) is 10.7 Å². The van der Waals surface area contributed by atoms with Gasteiger partial charge in [-0.2, -0.15) is 14.7 Å². The van der Waals surface area contributed by atoms with Gasteiger partial charge in [0.05, 0.1) is 11.4 Å². The third-order valence-corrected chi connectivity index (χ3v) is 5.02. The molecule has 0 fully saturated rings. The van der Waals surface area contributed by atoms with E-state index in [4.69, 9.17) is 0 Å². The van der Waals surface area contributed by atoms with E-state index < -0.39 is 0 Å². The molecule has 6 nitrogen and oxygen atoms in total. The van der Waals surface area contributed by atoms with Gasteiger partial charge in [0.25, 0.3) is 0 Å². The number of nitrogens with zero attached hydrogens (tertiary/aromatic N) is 6. The van der Waals surface area contributed by atoms with Crippen LogP contribution in [-0.2, 0) is 19.9 Å². The third-order valence-electron chi connectivity index (χ3n) is 4.10. The smallest absolute Gasteiger partial charge is 0.235 e. The number of halogens is 1. The highest BCUT2D eigenvalue weighted by molar-refractivity contribution is 7.19. The molecule has 0 saturated heterocycles. The molecule has 0 aliphatic rings. The van der Waals surface area contributed by atoms with E-state index in [2.05, 4.69) is 40.3 Å². The van der Waals surface area contributed by atoms with E-state index in [0.29, 0.717) is 12.3 Å². The second kappa shape index (κ2) is 6.60. The maximum atomic E-state index is 13.1. The largest absolute Gasteiger partial charge is 0.265 e. The summed E-state index contributed by atoms with van der Waals surface area (Å²) in [7, 11) is 1.93.